The van der Waals surface area contributed by atoms with Crippen LogP contribution < -0.4 is 10.5 Å². The van der Waals surface area contributed by atoms with E-state index < -0.39 is 0 Å². The highest BCUT2D eigenvalue weighted by Gasteiger charge is 2.04. The minimum atomic E-state index is 0.0372. The molecule has 0 saturated heterocycles. The molecule has 0 fully saturated rings. The van der Waals surface area contributed by atoms with Crippen LogP contribution in [0.4, 0.5) is 0 Å². The minimum absolute atomic E-state index is 0.0372. The Morgan fingerprint density at radius 3 is 2.80 bits per heavy atom. The van der Waals surface area contributed by atoms with Gasteiger partial charge in [0.05, 0.1) is 20.3 Å². The molecule has 1 unspecified atom stereocenters. The van der Waals surface area contributed by atoms with Crippen molar-refractivity contribution >= 4 is 11.6 Å². The van der Waals surface area contributed by atoms with Gasteiger partial charge in [-0.05, 0) is 25.1 Å². The molecule has 3 nitrogen and oxygen atoms in total. The van der Waals surface area contributed by atoms with Gasteiger partial charge in [-0.3, -0.25) is 0 Å². The number of methoxy groups -OCH3 is 1. The highest BCUT2D eigenvalue weighted by molar-refractivity contribution is 6.30. The largest absolute Gasteiger partial charge is 0.496 e. The molecular formula is C11H16ClNO2. The van der Waals surface area contributed by atoms with Gasteiger partial charge in [-0.15, -0.1) is 0 Å². The van der Waals surface area contributed by atoms with E-state index in [0.717, 1.165) is 11.3 Å². The summed E-state index contributed by atoms with van der Waals surface area (Å²) in [5.41, 5.74) is 6.51. The summed E-state index contributed by atoms with van der Waals surface area (Å²) in [6.07, 6.45) is 0. The Morgan fingerprint density at radius 2 is 2.20 bits per heavy atom. The second-order valence-corrected chi connectivity index (χ2v) is 3.89. The van der Waals surface area contributed by atoms with E-state index in [0.29, 0.717) is 18.2 Å². The van der Waals surface area contributed by atoms with Crippen LogP contribution in [0.1, 0.15) is 12.5 Å². The van der Waals surface area contributed by atoms with Gasteiger partial charge in [-0.1, -0.05) is 11.6 Å². The Hall–Kier alpha value is -0.770. The van der Waals surface area contributed by atoms with Crippen molar-refractivity contribution in [3.63, 3.8) is 0 Å². The van der Waals surface area contributed by atoms with E-state index in [9.17, 15) is 0 Å². The van der Waals surface area contributed by atoms with Gasteiger partial charge in [0.1, 0.15) is 5.75 Å². The molecule has 0 aromatic heterocycles. The maximum Gasteiger partial charge on any atom is 0.124 e. The molecule has 84 valence electrons. The maximum atomic E-state index is 5.88. The number of benzene rings is 1. The molecule has 0 heterocycles. The number of hydrogen-bond acceptors (Lipinski definition) is 3. The second kappa shape index (κ2) is 5.95. The average Bonchev–Trinajstić information content (AvgIpc) is 2.17. The summed E-state index contributed by atoms with van der Waals surface area (Å²) in [6.45, 7) is 2.89. The molecule has 0 saturated carbocycles. The van der Waals surface area contributed by atoms with Gasteiger partial charge in [-0.2, -0.15) is 0 Å². The first-order chi connectivity index (χ1) is 7.13. The highest BCUT2D eigenvalue weighted by Crippen LogP contribution is 2.23. The Bertz CT molecular complexity index is 315. The van der Waals surface area contributed by atoms with Gasteiger partial charge >= 0.3 is 0 Å². The smallest absolute Gasteiger partial charge is 0.124 e. The van der Waals surface area contributed by atoms with Gasteiger partial charge in [0.15, 0.2) is 0 Å². The fourth-order valence-corrected chi connectivity index (χ4v) is 1.41. The monoisotopic (exact) mass is 229 g/mol. The summed E-state index contributed by atoms with van der Waals surface area (Å²) in [5, 5.41) is 0.676. The minimum Gasteiger partial charge on any atom is -0.496 e. The third-order valence-corrected chi connectivity index (χ3v) is 2.12. The molecule has 1 aromatic rings. The summed E-state index contributed by atoms with van der Waals surface area (Å²) in [5.74, 6) is 0.782. The molecule has 0 aliphatic carbocycles. The van der Waals surface area contributed by atoms with E-state index in [4.69, 9.17) is 26.8 Å². The number of halogens is 1. The topological polar surface area (TPSA) is 44.5 Å². The van der Waals surface area contributed by atoms with Gasteiger partial charge in [0.25, 0.3) is 0 Å². The molecule has 0 radical (unpaired) electrons. The van der Waals surface area contributed by atoms with Crippen LogP contribution in [-0.4, -0.2) is 19.8 Å². The van der Waals surface area contributed by atoms with E-state index in [1.165, 1.54) is 0 Å². The van der Waals surface area contributed by atoms with Gasteiger partial charge in [-0.25, -0.2) is 0 Å². The standard InChI is InChI=1S/C11H16ClNO2/c1-8(13)6-15-7-9-5-10(12)3-4-11(9)14-2/h3-5,8H,6-7,13H2,1-2H3. The van der Waals surface area contributed by atoms with Crippen molar-refractivity contribution in [1.82, 2.24) is 0 Å². The van der Waals surface area contributed by atoms with Crippen molar-refractivity contribution in [1.29, 1.82) is 0 Å². The van der Waals surface area contributed by atoms with Crippen molar-refractivity contribution in [2.24, 2.45) is 5.73 Å². The van der Waals surface area contributed by atoms with Crippen LogP contribution in [0.15, 0.2) is 18.2 Å². The van der Waals surface area contributed by atoms with E-state index in [-0.39, 0.29) is 6.04 Å². The number of ether oxygens (including phenoxy) is 2. The third kappa shape index (κ3) is 4.08. The average molecular weight is 230 g/mol. The first-order valence-corrected chi connectivity index (χ1v) is 5.17. The molecule has 1 aromatic carbocycles. The zero-order valence-corrected chi connectivity index (χ0v) is 9.75. The van der Waals surface area contributed by atoms with Crippen LogP contribution in [0.2, 0.25) is 5.02 Å². The Kier molecular flexibility index (Phi) is 4.88. The molecule has 15 heavy (non-hydrogen) atoms. The molecule has 0 amide bonds. The van der Waals surface area contributed by atoms with Crippen LogP contribution in [0, 0.1) is 0 Å². The summed E-state index contributed by atoms with van der Waals surface area (Å²) in [4.78, 5) is 0. The second-order valence-electron chi connectivity index (χ2n) is 3.45. The van der Waals surface area contributed by atoms with Crippen molar-refractivity contribution < 1.29 is 9.47 Å². The first-order valence-electron chi connectivity index (χ1n) is 4.79. The lowest BCUT2D eigenvalue weighted by Crippen LogP contribution is -2.21. The maximum absolute atomic E-state index is 5.88. The molecule has 0 spiro atoms. The molecule has 2 N–H and O–H groups in total. The summed E-state index contributed by atoms with van der Waals surface area (Å²) in [7, 11) is 1.62. The zero-order valence-electron chi connectivity index (χ0n) is 9.00. The van der Waals surface area contributed by atoms with Crippen molar-refractivity contribution in [3.05, 3.63) is 28.8 Å². The lowest BCUT2D eigenvalue weighted by molar-refractivity contribution is 0.110. The molecule has 1 atom stereocenters. The van der Waals surface area contributed by atoms with E-state index >= 15 is 0 Å². The van der Waals surface area contributed by atoms with Gasteiger partial charge in [0, 0.05) is 16.6 Å². The van der Waals surface area contributed by atoms with E-state index in [2.05, 4.69) is 0 Å². The normalized spacial score (nSPS) is 12.5. The summed E-state index contributed by atoms with van der Waals surface area (Å²) >= 11 is 5.88. The Labute approximate surface area is 95.1 Å². The molecule has 4 heteroatoms. The first kappa shape index (κ1) is 12.3. The van der Waals surface area contributed by atoms with Crippen molar-refractivity contribution in [2.45, 2.75) is 19.6 Å². The fraction of sp³-hybridized carbons (Fsp3) is 0.455. The Morgan fingerprint density at radius 1 is 1.47 bits per heavy atom. The number of rotatable bonds is 5. The predicted molar refractivity (Wildman–Crippen MR) is 61.3 cm³/mol. The molecule has 0 bridgehead atoms. The van der Waals surface area contributed by atoms with Crippen LogP contribution >= 0.6 is 11.6 Å². The van der Waals surface area contributed by atoms with E-state index in [1.807, 2.05) is 19.1 Å². The van der Waals surface area contributed by atoms with Crippen LogP contribution in [-0.2, 0) is 11.3 Å². The van der Waals surface area contributed by atoms with Crippen LogP contribution in [0.25, 0.3) is 0 Å². The van der Waals surface area contributed by atoms with Crippen LogP contribution in [0.5, 0.6) is 5.75 Å². The number of hydrogen-bond donors (Lipinski definition) is 1. The fourth-order valence-electron chi connectivity index (χ4n) is 1.21. The molecule has 0 aliphatic heterocycles. The lowest BCUT2D eigenvalue weighted by atomic mass is 10.2. The predicted octanol–water partition coefficient (Wildman–Crippen LogP) is 2.21. The summed E-state index contributed by atoms with van der Waals surface area (Å²) < 4.78 is 10.6. The lowest BCUT2D eigenvalue weighted by Gasteiger charge is -2.10. The quantitative estimate of drug-likeness (QED) is 0.842. The summed E-state index contributed by atoms with van der Waals surface area (Å²) in [6, 6.07) is 5.49. The SMILES string of the molecule is COc1ccc(Cl)cc1COCC(C)N. The zero-order chi connectivity index (χ0) is 11.3. The van der Waals surface area contributed by atoms with Gasteiger partial charge in [0.2, 0.25) is 0 Å². The van der Waals surface area contributed by atoms with Crippen LogP contribution in [0.3, 0.4) is 0 Å². The number of nitrogens with two attached hydrogens (primary N) is 1. The molecule has 1 rings (SSSR count). The van der Waals surface area contributed by atoms with Crippen molar-refractivity contribution in [3.8, 4) is 5.75 Å². The van der Waals surface area contributed by atoms with Gasteiger partial charge < -0.3 is 15.2 Å². The molecular weight excluding hydrogens is 214 g/mol. The Balaban J connectivity index is 2.62. The highest BCUT2D eigenvalue weighted by atomic mass is 35.5. The third-order valence-electron chi connectivity index (χ3n) is 1.88. The molecule has 0 aliphatic rings. The van der Waals surface area contributed by atoms with E-state index in [1.54, 1.807) is 13.2 Å². The van der Waals surface area contributed by atoms with Crippen molar-refractivity contribution in [2.75, 3.05) is 13.7 Å².